The Balaban J connectivity index is 2.42. The molecule has 5 heteroatoms. The van der Waals surface area contributed by atoms with Crippen molar-refractivity contribution in [1.29, 1.82) is 0 Å². The van der Waals surface area contributed by atoms with Crippen LogP contribution in [0.25, 0.3) is 0 Å². The first-order valence-corrected chi connectivity index (χ1v) is 6.15. The quantitative estimate of drug-likeness (QED) is 0.909. The molecule has 0 aliphatic heterocycles. The van der Waals surface area contributed by atoms with E-state index in [0.717, 1.165) is 17.7 Å². The molecule has 1 aromatic heterocycles. The number of hydrogen-bond donors (Lipinski definition) is 1. The van der Waals surface area contributed by atoms with E-state index in [-0.39, 0.29) is 0 Å². The highest BCUT2D eigenvalue weighted by Gasteiger charge is 2.31. The molecule has 2 aromatic rings. The zero-order chi connectivity index (χ0) is 14.9. The van der Waals surface area contributed by atoms with Gasteiger partial charge in [-0.2, -0.15) is 13.2 Å². The minimum atomic E-state index is -4.34. The fourth-order valence-corrected chi connectivity index (χ4v) is 2.17. The molecule has 1 atom stereocenters. The van der Waals surface area contributed by atoms with Gasteiger partial charge in [-0.15, -0.1) is 0 Å². The number of nitrogens with zero attached hydrogens (tertiary/aromatic N) is 1. The molecular formula is C15H15F3N2. The van der Waals surface area contributed by atoms with Crippen LogP contribution in [0.4, 0.5) is 13.2 Å². The Kier molecular flexibility index (Phi) is 3.81. The molecule has 0 saturated heterocycles. The third kappa shape index (κ3) is 2.82. The van der Waals surface area contributed by atoms with Gasteiger partial charge < -0.3 is 5.73 Å². The number of rotatable bonds is 2. The Bertz CT molecular complexity index is 621. The van der Waals surface area contributed by atoms with E-state index in [1.165, 1.54) is 6.07 Å². The highest BCUT2D eigenvalue weighted by Crippen LogP contribution is 2.32. The summed E-state index contributed by atoms with van der Waals surface area (Å²) < 4.78 is 37.9. The maximum atomic E-state index is 12.6. The van der Waals surface area contributed by atoms with Gasteiger partial charge in [-0.05, 0) is 48.7 Å². The number of nitrogens with two attached hydrogens (primary N) is 1. The average molecular weight is 280 g/mol. The number of benzene rings is 1. The van der Waals surface area contributed by atoms with Gasteiger partial charge in [0.15, 0.2) is 0 Å². The summed E-state index contributed by atoms with van der Waals surface area (Å²) in [5.41, 5.74) is 8.23. The normalized spacial score (nSPS) is 13.3. The smallest absolute Gasteiger partial charge is 0.319 e. The SMILES string of the molecule is Cc1cc(C(F)(F)F)ccc1C(N)c1ncccc1C. The lowest BCUT2D eigenvalue weighted by molar-refractivity contribution is -0.137. The van der Waals surface area contributed by atoms with Gasteiger partial charge in [0, 0.05) is 6.20 Å². The van der Waals surface area contributed by atoms with E-state index in [4.69, 9.17) is 5.73 Å². The average Bonchev–Trinajstić information content (AvgIpc) is 2.37. The van der Waals surface area contributed by atoms with E-state index in [0.29, 0.717) is 16.8 Å². The molecule has 1 aromatic carbocycles. The second kappa shape index (κ2) is 5.25. The molecule has 1 unspecified atom stereocenters. The molecule has 2 N–H and O–H groups in total. The maximum absolute atomic E-state index is 12.6. The van der Waals surface area contributed by atoms with Gasteiger partial charge >= 0.3 is 6.18 Å². The molecule has 0 radical (unpaired) electrons. The summed E-state index contributed by atoms with van der Waals surface area (Å²) in [6.07, 6.45) is -2.71. The van der Waals surface area contributed by atoms with E-state index in [2.05, 4.69) is 4.98 Å². The largest absolute Gasteiger partial charge is 0.416 e. The minimum absolute atomic E-state index is 0.511. The van der Waals surface area contributed by atoms with Crippen LogP contribution in [0.1, 0.15) is 34.0 Å². The van der Waals surface area contributed by atoms with Crippen molar-refractivity contribution < 1.29 is 13.2 Å². The van der Waals surface area contributed by atoms with Crippen LogP contribution in [0.3, 0.4) is 0 Å². The van der Waals surface area contributed by atoms with Crippen LogP contribution in [0.2, 0.25) is 0 Å². The van der Waals surface area contributed by atoms with Crippen molar-refractivity contribution in [3.8, 4) is 0 Å². The van der Waals surface area contributed by atoms with E-state index in [1.54, 1.807) is 19.2 Å². The van der Waals surface area contributed by atoms with Crippen LogP contribution in [-0.2, 0) is 6.18 Å². The molecule has 20 heavy (non-hydrogen) atoms. The summed E-state index contributed by atoms with van der Waals surface area (Å²) >= 11 is 0. The third-order valence-corrected chi connectivity index (χ3v) is 3.28. The summed E-state index contributed by atoms with van der Waals surface area (Å²) in [5, 5.41) is 0. The van der Waals surface area contributed by atoms with Crippen LogP contribution in [-0.4, -0.2) is 4.98 Å². The Morgan fingerprint density at radius 2 is 1.80 bits per heavy atom. The molecule has 0 bridgehead atoms. The van der Waals surface area contributed by atoms with Crippen molar-refractivity contribution in [2.24, 2.45) is 5.73 Å². The van der Waals surface area contributed by atoms with Crippen LogP contribution >= 0.6 is 0 Å². The number of halogens is 3. The number of aromatic nitrogens is 1. The maximum Gasteiger partial charge on any atom is 0.416 e. The zero-order valence-corrected chi connectivity index (χ0v) is 11.2. The van der Waals surface area contributed by atoms with Crippen molar-refractivity contribution in [1.82, 2.24) is 4.98 Å². The van der Waals surface area contributed by atoms with Gasteiger partial charge in [-0.1, -0.05) is 12.1 Å². The summed E-state index contributed by atoms with van der Waals surface area (Å²) in [6.45, 7) is 3.50. The molecular weight excluding hydrogens is 265 g/mol. The molecule has 2 rings (SSSR count). The molecule has 0 saturated carbocycles. The Labute approximate surface area is 115 Å². The monoisotopic (exact) mass is 280 g/mol. The molecule has 1 heterocycles. The molecule has 2 nitrogen and oxygen atoms in total. The van der Waals surface area contributed by atoms with Crippen molar-refractivity contribution in [2.75, 3.05) is 0 Å². The number of aryl methyl sites for hydroxylation is 2. The molecule has 0 fully saturated rings. The number of pyridine rings is 1. The highest BCUT2D eigenvalue weighted by atomic mass is 19.4. The Morgan fingerprint density at radius 3 is 2.35 bits per heavy atom. The summed E-state index contributed by atoms with van der Waals surface area (Å²) in [6, 6.07) is 6.75. The standard InChI is InChI=1S/C15H15F3N2/c1-9-4-3-7-20-14(9)13(19)12-6-5-11(8-10(12)2)15(16,17)18/h3-8,13H,19H2,1-2H3. The van der Waals surface area contributed by atoms with Crippen LogP contribution in [0.15, 0.2) is 36.5 Å². The van der Waals surface area contributed by atoms with Gasteiger partial charge in [0.05, 0.1) is 17.3 Å². The lowest BCUT2D eigenvalue weighted by Crippen LogP contribution is -2.17. The third-order valence-electron chi connectivity index (χ3n) is 3.28. The summed E-state index contributed by atoms with van der Waals surface area (Å²) in [5.74, 6) is 0. The Morgan fingerprint density at radius 1 is 1.10 bits per heavy atom. The van der Waals surface area contributed by atoms with Crippen molar-refractivity contribution >= 4 is 0 Å². The van der Waals surface area contributed by atoms with E-state index >= 15 is 0 Å². The fraction of sp³-hybridized carbons (Fsp3) is 0.267. The van der Waals surface area contributed by atoms with E-state index in [9.17, 15) is 13.2 Å². The predicted octanol–water partition coefficient (Wildman–Crippen LogP) is 3.77. The van der Waals surface area contributed by atoms with Gasteiger partial charge in [0.1, 0.15) is 0 Å². The van der Waals surface area contributed by atoms with Crippen molar-refractivity contribution in [3.05, 3.63) is 64.5 Å². The van der Waals surface area contributed by atoms with Crippen molar-refractivity contribution in [3.63, 3.8) is 0 Å². The highest BCUT2D eigenvalue weighted by molar-refractivity contribution is 5.39. The van der Waals surface area contributed by atoms with Crippen LogP contribution < -0.4 is 5.73 Å². The number of alkyl halides is 3. The van der Waals surface area contributed by atoms with Crippen LogP contribution in [0.5, 0.6) is 0 Å². The summed E-state index contributed by atoms with van der Waals surface area (Å²) in [4.78, 5) is 4.22. The summed E-state index contributed by atoms with van der Waals surface area (Å²) in [7, 11) is 0. The molecule has 0 aliphatic carbocycles. The second-order valence-electron chi connectivity index (χ2n) is 4.75. The number of hydrogen-bond acceptors (Lipinski definition) is 2. The van der Waals surface area contributed by atoms with Gasteiger partial charge in [-0.3, -0.25) is 4.98 Å². The molecule has 0 amide bonds. The van der Waals surface area contributed by atoms with Crippen molar-refractivity contribution in [2.45, 2.75) is 26.1 Å². The lowest BCUT2D eigenvalue weighted by Gasteiger charge is -2.17. The topological polar surface area (TPSA) is 38.9 Å². The molecule has 106 valence electrons. The first kappa shape index (κ1) is 14.5. The lowest BCUT2D eigenvalue weighted by atomic mass is 9.95. The van der Waals surface area contributed by atoms with E-state index in [1.807, 2.05) is 13.0 Å². The van der Waals surface area contributed by atoms with Gasteiger partial charge in [0.25, 0.3) is 0 Å². The predicted molar refractivity (Wildman–Crippen MR) is 71.2 cm³/mol. The first-order chi connectivity index (χ1) is 9.30. The second-order valence-corrected chi connectivity index (χ2v) is 4.75. The van der Waals surface area contributed by atoms with E-state index < -0.39 is 17.8 Å². The van der Waals surface area contributed by atoms with Gasteiger partial charge in [0.2, 0.25) is 0 Å². The first-order valence-electron chi connectivity index (χ1n) is 6.15. The Hall–Kier alpha value is -1.88. The van der Waals surface area contributed by atoms with Gasteiger partial charge in [-0.25, -0.2) is 0 Å². The molecule has 0 spiro atoms. The minimum Gasteiger partial charge on any atom is -0.319 e. The molecule has 0 aliphatic rings. The zero-order valence-electron chi connectivity index (χ0n) is 11.2. The van der Waals surface area contributed by atoms with Crippen LogP contribution in [0, 0.1) is 13.8 Å². The fourth-order valence-electron chi connectivity index (χ4n) is 2.17.